The number of aromatic nitrogens is 2. The minimum Gasteiger partial charge on any atom is -0.325 e. The van der Waals surface area contributed by atoms with Gasteiger partial charge in [-0.05, 0) is 32.3 Å². The summed E-state index contributed by atoms with van der Waals surface area (Å²) in [4.78, 5) is 0. The molecule has 1 heterocycles. The first kappa shape index (κ1) is 10.3. The van der Waals surface area contributed by atoms with Gasteiger partial charge in [-0.1, -0.05) is 6.92 Å². The van der Waals surface area contributed by atoms with Gasteiger partial charge in [0.05, 0.1) is 0 Å². The Morgan fingerprint density at radius 3 is 2.77 bits per heavy atom. The highest BCUT2D eigenvalue weighted by atomic mass is 15.2. The average Bonchev–Trinajstić information content (AvgIpc) is 2.48. The van der Waals surface area contributed by atoms with Gasteiger partial charge >= 0.3 is 0 Å². The second-order valence-corrected chi connectivity index (χ2v) is 3.95. The summed E-state index contributed by atoms with van der Waals surface area (Å²) in [5, 5.41) is 4.12. The van der Waals surface area contributed by atoms with Crippen LogP contribution in [0.25, 0.3) is 0 Å². The molecule has 0 aromatic carbocycles. The molecular formula is C10H19N3. The third-order valence-corrected chi connectivity index (χ3v) is 2.68. The van der Waals surface area contributed by atoms with Crippen molar-refractivity contribution in [2.24, 2.45) is 12.8 Å². The lowest BCUT2D eigenvalue weighted by Gasteiger charge is -2.22. The zero-order valence-corrected chi connectivity index (χ0v) is 8.75. The van der Waals surface area contributed by atoms with E-state index in [1.165, 1.54) is 5.69 Å². The van der Waals surface area contributed by atoms with E-state index in [1.54, 1.807) is 0 Å². The third kappa shape index (κ3) is 2.84. The number of aryl methyl sites for hydroxylation is 2. The lowest BCUT2D eigenvalue weighted by molar-refractivity contribution is 0.413. The lowest BCUT2D eigenvalue weighted by Crippen LogP contribution is -2.35. The van der Waals surface area contributed by atoms with Gasteiger partial charge in [0, 0.05) is 24.5 Å². The lowest BCUT2D eigenvalue weighted by atomic mass is 9.93. The Bertz CT molecular complexity index is 263. The minimum atomic E-state index is -0.0374. The van der Waals surface area contributed by atoms with Crippen molar-refractivity contribution < 1.29 is 0 Å². The summed E-state index contributed by atoms with van der Waals surface area (Å²) in [6, 6.07) is 2.05. The first-order valence-corrected chi connectivity index (χ1v) is 4.81. The maximum Gasteiger partial charge on any atom is 0.0492 e. The van der Waals surface area contributed by atoms with Gasteiger partial charge in [-0.15, -0.1) is 0 Å². The predicted molar refractivity (Wildman–Crippen MR) is 54.4 cm³/mol. The second kappa shape index (κ2) is 3.92. The number of nitrogens with two attached hydrogens (primary N) is 1. The molecule has 0 saturated carbocycles. The van der Waals surface area contributed by atoms with E-state index in [9.17, 15) is 0 Å². The highest BCUT2D eigenvalue weighted by molar-refractivity contribution is 5.01. The number of rotatable bonds is 4. The summed E-state index contributed by atoms with van der Waals surface area (Å²) in [5.74, 6) is 0. The fraction of sp³-hybridized carbons (Fsp3) is 0.700. The Kier molecular flexibility index (Phi) is 3.09. The maximum absolute atomic E-state index is 6.05. The number of nitrogens with zero attached hydrogens (tertiary/aromatic N) is 2. The van der Waals surface area contributed by atoms with Crippen molar-refractivity contribution in [2.75, 3.05) is 0 Å². The van der Waals surface area contributed by atoms with Crippen molar-refractivity contribution in [1.82, 2.24) is 9.78 Å². The van der Waals surface area contributed by atoms with E-state index in [1.807, 2.05) is 24.0 Å². The fourth-order valence-electron chi connectivity index (χ4n) is 1.24. The zero-order valence-electron chi connectivity index (χ0n) is 8.75. The van der Waals surface area contributed by atoms with Crippen molar-refractivity contribution >= 4 is 0 Å². The first-order valence-electron chi connectivity index (χ1n) is 4.81. The molecule has 1 unspecified atom stereocenters. The van der Waals surface area contributed by atoms with E-state index in [0.29, 0.717) is 0 Å². The Morgan fingerprint density at radius 1 is 1.62 bits per heavy atom. The molecule has 1 atom stereocenters. The van der Waals surface area contributed by atoms with E-state index in [0.717, 1.165) is 19.3 Å². The summed E-state index contributed by atoms with van der Waals surface area (Å²) >= 11 is 0. The van der Waals surface area contributed by atoms with E-state index < -0.39 is 0 Å². The predicted octanol–water partition coefficient (Wildman–Crippen LogP) is 1.48. The van der Waals surface area contributed by atoms with Gasteiger partial charge in [0.15, 0.2) is 0 Å². The molecule has 0 aliphatic rings. The maximum atomic E-state index is 6.05. The van der Waals surface area contributed by atoms with Crippen LogP contribution in [-0.2, 0) is 13.5 Å². The molecule has 13 heavy (non-hydrogen) atoms. The van der Waals surface area contributed by atoms with Crippen LogP contribution in [0.15, 0.2) is 12.3 Å². The second-order valence-electron chi connectivity index (χ2n) is 3.95. The van der Waals surface area contributed by atoms with Crippen molar-refractivity contribution in [3.05, 3.63) is 18.0 Å². The minimum absolute atomic E-state index is 0.0374. The van der Waals surface area contributed by atoms with Gasteiger partial charge in [0.2, 0.25) is 0 Å². The fourth-order valence-corrected chi connectivity index (χ4v) is 1.24. The van der Waals surface area contributed by atoms with Crippen LogP contribution in [0, 0.1) is 0 Å². The molecule has 2 N–H and O–H groups in total. The van der Waals surface area contributed by atoms with Gasteiger partial charge in [-0.3, -0.25) is 4.68 Å². The number of hydrogen-bond acceptors (Lipinski definition) is 2. The topological polar surface area (TPSA) is 43.8 Å². The average molecular weight is 181 g/mol. The van der Waals surface area contributed by atoms with Gasteiger partial charge < -0.3 is 5.73 Å². The van der Waals surface area contributed by atoms with Crippen LogP contribution in [0.5, 0.6) is 0 Å². The van der Waals surface area contributed by atoms with Crippen molar-refractivity contribution in [2.45, 2.75) is 38.6 Å². The normalized spacial score (nSPS) is 15.7. The molecule has 0 spiro atoms. The molecule has 1 aromatic rings. The Morgan fingerprint density at radius 2 is 2.31 bits per heavy atom. The molecule has 0 amide bonds. The highest BCUT2D eigenvalue weighted by Gasteiger charge is 2.15. The van der Waals surface area contributed by atoms with E-state index in [-0.39, 0.29) is 5.54 Å². The van der Waals surface area contributed by atoms with Crippen LogP contribution in [0.4, 0.5) is 0 Å². The summed E-state index contributed by atoms with van der Waals surface area (Å²) < 4.78 is 1.91. The Labute approximate surface area is 79.9 Å². The molecule has 0 radical (unpaired) electrons. The highest BCUT2D eigenvalue weighted by Crippen LogP contribution is 2.13. The Hall–Kier alpha value is -0.830. The smallest absolute Gasteiger partial charge is 0.0492 e. The van der Waals surface area contributed by atoms with Crippen LogP contribution in [0.2, 0.25) is 0 Å². The molecule has 0 bridgehead atoms. The molecule has 0 fully saturated rings. The molecular weight excluding hydrogens is 162 g/mol. The molecule has 0 aliphatic carbocycles. The van der Waals surface area contributed by atoms with Crippen LogP contribution < -0.4 is 5.73 Å². The summed E-state index contributed by atoms with van der Waals surface area (Å²) in [7, 11) is 1.97. The summed E-state index contributed by atoms with van der Waals surface area (Å²) in [6.07, 6.45) is 4.88. The zero-order chi connectivity index (χ0) is 9.90. The van der Waals surface area contributed by atoms with E-state index in [2.05, 4.69) is 18.9 Å². The van der Waals surface area contributed by atoms with Crippen LogP contribution >= 0.6 is 0 Å². The molecule has 1 aromatic heterocycles. The van der Waals surface area contributed by atoms with Crippen LogP contribution in [0.1, 0.15) is 32.4 Å². The van der Waals surface area contributed by atoms with Crippen molar-refractivity contribution in [3.63, 3.8) is 0 Å². The summed E-state index contributed by atoms with van der Waals surface area (Å²) in [5.41, 5.74) is 7.27. The Balaban J connectivity index is 2.48. The van der Waals surface area contributed by atoms with Gasteiger partial charge in [0.1, 0.15) is 0 Å². The molecule has 0 aliphatic heterocycles. The van der Waals surface area contributed by atoms with Crippen molar-refractivity contribution in [1.29, 1.82) is 0 Å². The molecule has 3 nitrogen and oxygen atoms in total. The largest absolute Gasteiger partial charge is 0.325 e. The number of hydrogen-bond donors (Lipinski definition) is 1. The van der Waals surface area contributed by atoms with Crippen LogP contribution in [0.3, 0.4) is 0 Å². The van der Waals surface area contributed by atoms with E-state index in [4.69, 9.17) is 5.73 Å². The van der Waals surface area contributed by atoms with Gasteiger partial charge in [-0.25, -0.2) is 0 Å². The third-order valence-electron chi connectivity index (χ3n) is 2.68. The molecule has 3 heteroatoms. The van der Waals surface area contributed by atoms with E-state index >= 15 is 0 Å². The standard InChI is InChI=1S/C10H19N3/c1-4-10(2,11)7-5-9-6-8-12-13(9)3/h6,8H,4-5,7,11H2,1-3H3. The molecule has 0 saturated heterocycles. The van der Waals surface area contributed by atoms with Gasteiger partial charge in [-0.2, -0.15) is 5.10 Å². The SMILES string of the molecule is CCC(C)(N)CCc1ccnn1C. The molecule has 74 valence electrons. The van der Waals surface area contributed by atoms with Gasteiger partial charge in [0.25, 0.3) is 0 Å². The molecule has 1 rings (SSSR count). The first-order chi connectivity index (χ1) is 6.05. The monoisotopic (exact) mass is 181 g/mol. The quantitative estimate of drug-likeness (QED) is 0.764. The summed E-state index contributed by atoms with van der Waals surface area (Å²) in [6.45, 7) is 4.23. The van der Waals surface area contributed by atoms with Crippen molar-refractivity contribution in [3.8, 4) is 0 Å². The van der Waals surface area contributed by atoms with Crippen LogP contribution in [-0.4, -0.2) is 15.3 Å².